The van der Waals surface area contributed by atoms with Crippen molar-refractivity contribution in [2.45, 2.75) is 43.8 Å². The number of guanidine groups is 1. The Balaban J connectivity index is 2.52. The molecular formula is C13H23N3O6S. The fourth-order valence-electron chi connectivity index (χ4n) is 2.77. The minimum Gasteiger partial charge on any atom is -0.481 e. The van der Waals surface area contributed by atoms with Gasteiger partial charge in [0.2, 0.25) is 0 Å². The number of rotatable bonds is 9. The molecule has 1 aliphatic carbocycles. The molecule has 0 aliphatic heterocycles. The van der Waals surface area contributed by atoms with Gasteiger partial charge in [-0.25, -0.2) is 0 Å². The van der Waals surface area contributed by atoms with E-state index in [-0.39, 0.29) is 44.0 Å². The molecule has 1 fully saturated rings. The molecule has 0 amide bonds. The number of ketones is 1. The zero-order valence-corrected chi connectivity index (χ0v) is 13.5. The fraction of sp³-hybridized carbons (Fsp3) is 0.769. The number of nitrogens with two attached hydrogens (primary N) is 2. The molecule has 132 valence electrons. The van der Waals surface area contributed by atoms with E-state index in [4.69, 9.17) is 16.0 Å². The van der Waals surface area contributed by atoms with Crippen molar-refractivity contribution < 1.29 is 27.7 Å². The van der Waals surface area contributed by atoms with Gasteiger partial charge in [0.1, 0.15) is 5.78 Å². The minimum atomic E-state index is -4.15. The predicted octanol–water partition coefficient (Wildman–Crippen LogP) is -0.243. The van der Waals surface area contributed by atoms with Crippen LogP contribution in [0.25, 0.3) is 0 Å². The molecule has 1 saturated carbocycles. The maximum atomic E-state index is 12.2. The number of carboxylic acid groups (broad SMARTS) is 1. The summed E-state index contributed by atoms with van der Waals surface area (Å²) in [5.41, 5.74) is 10.3. The van der Waals surface area contributed by atoms with E-state index in [0.29, 0.717) is 12.8 Å². The summed E-state index contributed by atoms with van der Waals surface area (Å²) in [5.74, 6) is -2.78. The van der Waals surface area contributed by atoms with Crippen LogP contribution in [0.5, 0.6) is 0 Å². The van der Waals surface area contributed by atoms with Crippen molar-refractivity contribution in [2.75, 3.05) is 6.54 Å². The van der Waals surface area contributed by atoms with Gasteiger partial charge in [0.05, 0.1) is 11.2 Å². The van der Waals surface area contributed by atoms with Crippen LogP contribution in [-0.2, 0) is 19.7 Å². The standard InChI is InChI=1S/C13H23N3O6S/c14-13(15)16-5-1-2-9(12(18)19)7-11(17)8-3-4-10(6-8)23(20,21)22/h8-10H,1-7H2,(H,18,19)(H4,14,15,16)(H,20,21,22)/t8?,9-,10?/m1/s1. The zero-order valence-electron chi connectivity index (χ0n) is 12.7. The smallest absolute Gasteiger partial charge is 0.306 e. The molecule has 0 radical (unpaired) electrons. The highest BCUT2D eigenvalue weighted by Crippen LogP contribution is 2.32. The first kappa shape index (κ1) is 19.4. The number of aliphatic imine (C=N–C) groups is 1. The van der Waals surface area contributed by atoms with Crippen LogP contribution in [-0.4, -0.2) is 47.6 Å². The van der Waals surface area contributed by atoms with Gasteiger partial charge in [0.25, 0.3) is 10.1 Å². The van der Waals surface area contributed by atoms with Crippen molar-refractivity contribution in [3.63, 3.8) is 0 Å². The lowest BCUT2D eigenvalue weighted by Crippen LogP contribution is -2.24. The van der Waals surface area contributed by atoms with Crippen LogP contribution in [0.1, 0.15) is 38.5 Å². The number of hydrogen-bond donors (Lipinski definition) is 4. The van der Waals surface area contributed by atoms with E-state index in [1.165, 1.54) is 0 Å². The Kier molecular flexibility index (Phi) is 6.95. The zero-order chi connectivity index (χ0) is 17.6. The van der Waals surface area contributed by atoms with Gasteiger partial charge >= 0.3 is 5.97 Å². The summed E-state index contributed by atoms with van der Waals surface area (Å²) in [6.07, 6.45) is 1.16. The first-order chi connectivity index (χ1) is 10.6. The molecule has 0 spiro atoms. The van der Waals surface area contributed by atoms with E-state index in [1.807, 2.05) is 0 Å². The van der Waals surface area contributed by atoms with Crippen molar-refractivity contribution >= 4 is 27.8 Å². The number of nitrogens with zero attached hydrogens (tertiary/aromatic N) is 1. The van der Waals surface area contributed by atoms with Crippen LogP contribution in [0.4, 0.5) is 0 Å². The molecule has 9 nitrogen and oxygen atoms in total. The molecule has 0 aromatic carbocycles. The Hall–Kier alpha value is -1.68. The summed E-state index contributed by atoms with van der Waals surface area (Å²) in [5, 5.41) is 8.25. The number of carbonyl (C=O) groups excluding carboxylic acids is 1. The third-order valence-corrected chi connectivity index (χ3v) is 5.33. The van der Waals surface area contributed by atoms with Gasteiger partial charge in [-0.1, -0.05) is 0 Å². The van der Waals surface area contributed by atoms with Gasteiger partial charge in [-0.3, -0.25) is 19.1 Å². The summed E-state index contributed by atoms with van der Waals surface area (Å²) >= 11 is 0. The van der Waals surface area contributed by atoms with E-state index >= 15 is 0 Å². The Morgan fingerprint density at radius 3 is 2.39 bits per heavy atom. The summed E-state index contributed by atoms with van der Waals surface area (Å²) in [4.78, 5) is 27.1. The molecule has 0 aromatic heterocycles. The van der Waals surface area contributed by atoms with Gasteiger partial charge < -0.3 is 16.6 Å². The lowest BCUT2D eigenvalue weighted by atomic mass is 9.90. The van der Waals surface area contributed by atoms with Crippen molar-refractivity contribution in [3.8, 4) is 0 Å². The topological polar surface area (TPSA) is 173 Å². The summed E-state index contributed by atoms with van der Waals surface area (Å²) in [6, 6.07) is 0. The maximum absolute atomic E-state index is 12.2. The lowest BCUT2D eigenvalue weighted by Gasteiger charge is -2.14. The molecule has 6 N–H and O–H groups in total. The highest BCUT2D eigenvalue weighted by atomic mass is 32.2. The number of Topliss-reactive ketones (excluding diaryl/α,β-unsaturated/α-hetero) is 1. The first-order valence-electron chi connectivity index (χ1n) is 7.38. The van der Waals surface area contributed by atoms with Gasteiger partial charge in [-0.2, -0.15) is 8.42 Å². The van der Waals surface area contributed by atoms with Gasteiger partial charge in [-0.05, 0) is 32.1 Å². The highest BCUT2D eigenvalue weighted by Gasteiger charge is 2.37. The molecule has 0 aromatic rings. The van der Waals surface area contributed by atoms with E-state index in [0.717, 1.165) is 0 Å². The van der Waals surface area contributed by atoms with E-state index in [1.54, 1.807) is 0 Å². The monoisotopic (exact) mass is 349 g/mol. The first-order valence-corrected chi connectivity index (χ1v) is 8.88. The Morgan fingerprint density at radius 2 is 1.91 bits per heavy atom. The second-order valence-corrected chi connectivity index (χ2v) is 7.50. The average molecular weight is 349 g/mol. The Bertz CT molecular complexity index is 570. The van der Waals surface area contributed by atoms with E-state index in [2.05, 4.69) is 4.99 Å². The molecule has 1 rings (SSSR count). The normalized spacial score (nSPS) is 22.5. The van der Waals surface area contributed by atoms with Crippen LogP contribution < -0.4 is 11.5 Å². The molecular weight excluding hydrogens is 326 g/mol. The van der Waals surface area contributed by atoms with Crippen LogP contribution in [0.15, 0.2) is 4.99 Å². The van der Waals surface area contributed by atoms with Crippen molar-refractivity contribution in [1.82, 2.24) is 0 Å². The fourth-order valence-corrected chi connectivity index (χ4v) is 3.68. The maximum Gasteiger partial charge on any atom is 0.306 e. The number of hydrogen-bond acceptors (Lipinski definition) is 5. The summed E-state index contributed by atoms with van der Waals surface area (Å²) in [7, 11) is -4.15. The number of carbonyl (C=O) groups is 2. The molecule has 0 bridgehead atoms. The molecule has 0 heterocycles. The highest BCUT2D eigenvalue weighted by molar-refractivity contribution is 7.86. The molecule has 0 saturated heterocycles. The van der Waals surface area contributed by atoms with Crippen LogP contribution in [0.3, 0.4) is 0 Å². The summed E-state index contributed by atoms with van der Waals surface area (Å²) < 4.78 is 31.2. The SMILES string of the molecule is NC(N)=NCCC[C@H](CC(=O)C1CCC(S(=O)(=O)O)C1)C(=O)O. The molecule has 2 unspecified atom stereocenters. The average Bonchev–Trinajstić information content (AvgIpc) is 2.91. The van der Waals surface area contributed by atoms with Gasteiger partial charge in [0.15, 0.2) is 5.96 Å². The number of carboxylic acids is 1. The quantitative estimate of drug-likeness (QED) is 0.191. The van der Waals surface area contributed by atoms with Crippen molar-refractivity contribution in [3.05, 3.63) is 0 Å². The molecule has 1 aliphatic rings. The van der Waals surface area contributed by atoms with E-state index < -0.39 is 33.2 Å². The predicted molar refractivity (Wildman–Crippen MR) is 83.3 cm³/mol. The lowest BCUT2D eigenvalue weighted by molar-refractivity contribution is -0.144. The third-order valence-electron chi connectivity index (χ3n) is 4.06. The minimum absolute atomic E-state index is 0.0536. The second-order valence-electron chi connectivity index (χ2n) is 5.80. The van der Waals surface area contributed by atoms with Crippen molar-refractivity contribution in [1.29, 1.82) is 0 Å². The second kappa shape index (κ2) is 8.25. The molecule has 23 heavy (non-hydrogen) atoms. The largest absolute Gasteiger partial charge is 0.481 e. The Morgan fingerprint density at radius 1 is 1.26 bits per heavy atom. The van der Waals surface area contributed by atoms with Gasteiger partial charge in [0, 0.05) is 18.9 Å². The van der Waals surface area contributed by atoms with Crippen LogP contribution >= 0.6 is 0 Å². The van der Waals surface area contributed by atoms with Crippen molar-refractivity contribution in [2.24, 2.45) is 28.3 Å². The summed E-state index contributed by atoms with van der Waals surface area (Å²) in [6.45, 7) is 0.286. The Labute approximate surface area is 134 Å². The van der Waals surface area contributed by atoms with Gasteiger partial charge in [-0.15, -0.1) is 0 Å². The molecule has 3 atom stereocenters. The van der Waals surface area contributed by atoms with E-state index in [9.17, 15) is 23.1 Å². The van der Waals surface area contributed by atoms with Crippen LogP contribution in [0, 0.1) is 11.8 Å². The number of aliphatic carboxylic acids is 1. The molecule has 10 heteroatoms. The third kappa shape index (κ3) is 6.53. The van der Waals surface area contributed by atoms with Crippen LogP contribution in [0.2, 0.25) is 0 Å².